The second-order valence-electron chi connectivity index (χ2n) is 3.03. The average molecular weight is 221 g/mol. The Balaban J connectivity index is 2.19. The first-order chi connectivity index (χ1) is 7.29. The van der Waals surface area contributed by atoms with Crippen LogP contribution < -0.4 is 5.43 Å². The Kier molecular flexibility index (Phi) is 2.91. The predicted molar refractivity (Wildman–Crippen MR) is 63.6 cm³/mol. The Morgan fingerprint density at radius 1 is 1.40 bits per heavy atom. The third-order valence-corrected chi connectivity index (χ3v) is 3.00. The van der Waals surface area contributed by atoms with E-state index in [0.29, 0.717) is 0 Å². The van der Waals surface area contributed by atoms with Crippen molar-refractivity contribution >= 4 is 22.6 Å². The number of aliphatic imine (C=N–C) groups is 1. The summed E-state index contributed by atoms with van der Waals surface area (Å²) in [7, 11) is 1.73. The number of nitrogens with zero attached hydrogens (tertiary/aromatic N) is 2. The number of hydrogen-bond acceptors (Lipinski definition) is 4. The summed E-state index contributed by atoms with van der Waals surface area (Å²) in [5, 5.41) is 14.2. The highest BCUT2D eigenvalue weighted by Crippen LogP contribution is 2.15. The Morgan fingerprint density at radius 3 is 2.67 bits per heavy atom. The average Bonchev–Trinajstić information content (AvgIpc) is 2.30. The summed E-state index contributed by atoms with van der Waals surface area (Å²) < 4.78 is 0. The molecule has 0 spiro atoms. The molecule has 5 heteroatoms. The number of rotatable bonds is 1. The molecule has 1 heterocycles. The molecule has 0 unspecified atom stereocenters. The smallest absolute Gasteiger partial charge is 0.177 e. The zero-order valence-electron chi connectivity index (χ0n) is 8.27. The number of hydrogen-bond donors (Lipinski definition) is 2. The zero-order valence-corrected chi connectivity index (χ0v) is 9.08. The summed E-state index contributed by atoms with van der Waals surface area (Å²) in [4.78, 5) is 4.01. The van der Waals surface area contributed by atoms with Gasteiger partial charge in [-0.3, -0.25) is 10.4 Å². The third-order valence-electron chi connectivity index (χ3n) is 2.04. The van der Waals surface area contributed by atoms with Crippen LogP contribution in [0.2, 0.25) is 0 Å². The molecule has 0 bridgehead atoms. The van der Waals surface area contributed by atoms with Crippen LogP contribution in [-0.4, -0.2) is 28.8 Å². The van der Waals surface area contributed by atoms with Crippen molar-refractivity contribution < 1.29 is 5.11 Å². The first-order valence-corrected chi connectivity index (χ1v) is 5.49. The molecule has 0 saturated heterocycles. The van der Waals surface area contributed by atoms with E-state index in [-0.39, 0.29) is 5.75 Å². The van der Waals surface area contributed by atoms with Crippen molar-refractivity contribution in [3.8, 4) is 5.75 Å². The highest BCUT2D eigenvalue weighted by molar-refractivity contribution is 8.14. The molecule has 1 aliphatic rings. The summed E-state index contributed by atoms with van der Waals surface area (Å²) in [6.07, 6.45) is 0. The van der Waals surface area contributed by atoms with Crippen LogP contribution in [0.4, 0.5) is 0 Å². The zero-order chi connectivity index (χ0) is 10.7. The molecule has 0 aliphatic carbocycles. The van der Waals surface area contributed by atoms with Crippen LogP contribution in [-0.2, 0) is 0 Å². The Labute approximate surface area is 92.1 Å². The van der Waals surface area contributed by atoms with Crippen LogP contribution in [0.25, 0.3) is 0 Å². The van der Waals surface area contributed by atoms with Crippen molar-refractivity contribution in [3.05, 3.63) is 29.8 Å². The molecular formula is C10H11N3OS. The van der Waals surface area contributed by atoms with Gasteiger partial charge in [0.2, 0.25) is 0 Å². The van der Waals surface area contributed by atoms with Gasteiger partial charge in [-0.25, -0.2) is 0 Å². The monoisotopic (exact) mass is 221 g/mol. The third kappa shape index (κ3) is 2.30. The number of aromatic hydroxyl groups is 1. The molecular weight excluding hydrogens is 210 g/mol. The fraction of sp³-hybridized carbons (Fsp3) is 0.200. The number of phenols is 1. The molecule has 0 saturated carbocycles. The molecule has 0 atom stereocenters. The maximum absolute atomic E-state index is 9.16. The van der Waals surface area contributed by atoms with Crippen molar-refractivity contribution in [3.63, 3.8) is 0 Å². The summed E-state index contributed by atoms with van der Waals surface area (Å²) in [5.74, 6) is 1.07. The second-order valence-corrected chi connectivity index (χ2v) is 4.00. The van der Waals surface area contributed by atoms with Crippen LogP contribution in [0.3, 0.4) is 0 Å². The van der Waals surface area contributed by atoms with Crippen molar-refractivity contribution in [1.29, 1.82) is 0 Å². The van der Waals surface area contributed by atoms with Gasteiger partial charge in [-0.05, 0) is 29.8 Å². The van der Waals surface area contributed by atoms with Gasteiger partial charge in [0.1, 0.15) is 5.75 Å². The van der Waals surface area contributed by atoms with Crippen LogP contribution in [0, 0.1) is 0 Å². The molecule has 1 aromatic carbocycles. The number of amidine groups is 1. The SMILES string of the molecule is CN=C1NN=C(c2ccc(O)cc2)CS1. The van der Waals surface area contributed by atoms with Crippen LogP contribution in [0.5, 0.6) is 5.75 Å². The summed E-state index contributed by atoms with van der Waals surface area (Å²) >= 11 is 1.62. The van der Waals surface area contributed by atoms with Crippen molar-refractivity contribution in [2.75, 3.05) is 12.8 Å². The summed E-state index contributed by atoms with van der Waals surface area (Å²) in [6.45, 7) is 0. The fourth-order valence-corrected chi connectivity index (χ4v) is 1.98. The van der Waals surface area contributed by atoms with E-state index in [1.54, 1.807) is 30.9 Å². The molecule has 78 valence electrons. The number of hydrazone groups is 1. The van der Waals surface area contributed by atoms with E-state index in [0.717, 1.165) is 22.2 Å². The minimum Gasteiger partial charge on any atom is -0.508 e. The quantitative estimate of drug-likeness (QED) is 0.754. The molecule has 1 aliphatic heterocycles. The van der Waals surface area contributed by atoms with E-state index < -0.39 is 0 Å². The van der Waals surface area contributed by atoms with E-state index >= 15 is 0 Å². The maximum Gasteiger partial charge on any atom is 0.177 e. The normalized spacial score (nSPS) is 18.5. The number of phenolic OH excluding ortho intramolecular Hbond substituents is 1. The Hall–Kier alpha value is -1.49. The highest BCUT2D eigenvalue weighted by atomic mass is 32.2. The van der Waals surface area contributed by atoms with E-state index in [1.165, 1.54) is 0 Å². The molecule has 15 heavy (non-hydrogen) atoms. The van der Waals surface area contributed by atoms with Crippen LogP contribution >= 0.6 is 11.8 Å². The largest absolute Gasteiger partial charge is 0.508 e. The van der Waals surface area contributed by atoms with Crippen molar-refractivity contribution in [2.45, 2.75) is 0 Å². The van der Waals surface area contributed by atoms with E-state index in [2.05, 4.69) is 15.5 Å². The first kappa shape index (κ1) is 10.0. The summed E-state index contributed by atoms with van der Waals surface area (Å²) in [6, 6.07) is 7.02. The molecule has 4 nitrogen and oxygen atoms in total. The van der Waals surface area contributed by atoms with Crippen molar-refractivity contribution in [2.24, 2.45) is 10.1 Å². The van der Waals surface area contributed by atoms with Gasteiger partial charge in [-0.15, -0.1) is 0 Å². The molecule has 0 amide bonds. The molecule has 0 fully saturated rings. The lowest BCUT2D eigenvalue weighted by Crippen LogP contribution is -2.25. The maximum atomic E-state index is 9.16. The van der Waals surface area contributed by atoms with Gasteiger partial charge in [-0.2, -0.15) is 5.10 Å². The van der Waals surface area contributed by atoms with Crippen molar-refractivity contribution in [1.82, 2.24) is 5.43 Å². The van der Waals surface area contributed by atoms with Gasteiger partial charge in [0, 0.05) is 12.8 Å². The number of nitrogens with one attached hydrogen (secondary N) is 1. The summed E-state index contributed by atoms with van der Waals surface area (Å²) in [5.41, 5.74) is 4.85. The van der Waals surface area contributed by atoms with Gasteiger partial charge < -0.3 is 5.11 Å². The Morgan fingerprint density at radius 2 is 2.13 bits per heavy atom. The van der Waals surface area contributed by atoms with Crippen LogP contribution in [0.15, 0.2) is 34.4 Å². The first-order valence-electron chi connectivity index (χ1n) is 4.51. The predicted octanol–water partition coefficient (Wildman–Crippen LogP) is 1.42. The fourth-order valence-electron chi connectivity index (χ4n) is 1.23. The second kappa shape index (κ2) is 4.35. The topological polar surface area (TPSA) is 57.0 Å². The van der Waals surface area contributed by atoms with Gasteiger partial charge in [0.15, 0.2) is 5.17 Å². The molecule has 2 rings (SSSR count). The Bertz CT molecular complexity index is 411. The van der Waals surface area contributed by atoms with Crippen LogP contribution in [0.1, 0.15) is 5.56 Å². The highest BCUT2D eigenvalue weighted by Gasteiger charge is 2.11. The molecule has 2 N–H and O–H groups in total. The molecule has 0 aromatic heterocycles. The van der Waals surface area contributed by atoms with Gasteiger partial charge in [0.05, 0.1) is 5.71 Å². The number of benzene rings is 1. The van der Waals surface area contributed by atoms with E-state index in [9.17, 15) is 0 Å². The lowest BCUT2D eigenvalue weighted by molar-refractivity contribution is 0.475. The molecule has 0 radical (unpaired) electrons. The van der Waals surface area contributed by atoms with E-state index in [4.69, 9.17) is 5.11 Å². The lowest BCUT2D eigenvalue weighted by atomic mass is 10.1. The minimum atomic E-state index is 0.270. The van der Waals surface area contributed by atoms with Gasteiger partial charge in [-0.1, -0.05) is 11.8 Å². The van der Waals surface area contributed by atoms with E-state index in [1.807, 2.05) is 12.1 Å². The van der Waals surface area contributed by atoms with Gasteiger partial charge in [0.25, 0.3) is 0 Å². The number of thioether (sulfide) groups is 1. The molecule has 1 aromatic rings. The van der Waals surface area contributed by atoms with Gasteiger partial charge >= 0.3 is 0 Å². The standard InChI is InChI=1S/C10H11N3OS/c1-11-10-13-12-9(6-15-10)7-2-4-8(14)5-3-7/h2-5,14H,6H2,1H3,(H,11,13). The minimum absolute atomic E-state index is 0.270. The lowest BCUT2D eigenvalue weighted by Gasteiger charge is -2.14.